The van der Waals surface area contributed by atoms with Crippen molar-refractivity contribution in [3.05, 3.63) is 77.9 Å². The molecule has 1 saturated heterocycles. The Hall–Kier alpha value is -2.74. The van der Waals surface area contributed by atoms with Crippen molar-refractivity contribution in [1.29, 1.82) is 0 Å². The van der Waals surface area contributed by atoms with Crippen LogP contribution in [0.5, 0.6) is 0 Å². The molecule has 1 aliphatic rings. The van der Waals surface area contributed by atoms with Gasteiger partial charge < -0.3 is 9.47 Å². The van der Waals surface area contributed by atoms with Gasteiger partial charge in [0.2, 0.25) is 0 Å². The van der Waals surface area contributed by atoms with Gasteiger partial charge in [0.05, 0.1) is 11.0 Å². The van der Waals surface area contributed by atoms with Crippen LogP contribution < -0.4 is 4.90 Å². The van der Waals surface area contributed by atoms with Gasteiger partial charge in [-0.25, -0.2) is 0 Å². The van der Waals surface area contributed by atoms with Crippen LogP contribution in [-0.4, -0.2) is 10.1 Å². The lowest BCUT2D eigenvalue weighted by molar-refractivity contribution is 0.188. The highest BCUT2D eigenvalue weighted by atomic mass is 15.4. The van der Waals surface area contributed by atoms with Gasteiger partial charge >= 0.3 is 0 Å². The Morgan fingerprint density at radius 2 is 1.19 bits per heavy atom. The van der Waals surface area contributed by atoms with Crippen LogP contribution in [0.15, 0.2) is 66.7 Å². The number of fused-ring (bicyclic) bond motifs is 3. The predicted octanol–water partition coefficient (Wildman–Crippen LogP) is 10.0. The number of benzene rings is 3. The van der Waals surface area contributed by atoms with Gasteiger partial charge in [-0.05, 0) is 68.2 Å². The van der Waals surface area contributed by atoms with Crippen molar-refractivity contribution >= 4 is 27.5 Å². The molecule has 5 rings (SSSR count). The minimum atomic E-state index is 0.0256. The van der Waals surface area contributed by atoms with Crippen molar-refractivity contribution in [1.82, 2.24) is 4.57 Å². The Morgan fingerprint density at radius 1 is 0.722 bits per heavy atom. The second-order valence-electron chi connectivity index (χ2n) is 12.3. The predicted molar refractivity (Wildman–Crippen MR) is 157 cm³/mol. The van der Waals surface area contributed by atoms with E-state index in [1.54, 1.807) is 0 Å². The highest BCUT2D eigenvalue weighted by Gasteiger charge is 2.56. The summed E-state index contributed by atoms with van der Waals surface area (Å²) >= 11 is 0. The van der Waals surface area contributed by atoms with Crippen molar-refractivity contribution in [3.63, 3.8) is 0 Å². The molecular formula is C34H44N2. The Bertz CT molecular complexity index is 1300. The van der Waals surface area contributed by atoms with Crippen molar-refractivity contribution in [2.75, 3.05) is 4.90 Å². The third kappa shape index (κ3) is 3.59. The first kappa shape index (κ1) is 24.9. The quantitative estimate of drug-likeness (QED) is 0.266. The largest absolute Gasteiger partial charge is 0.345 e. The summed E-state index contributed by atoms with van der Waals surface area (Å²) in [6, 6.07) is 25.1. The smallest absolute Gasteiger partial charge is 0.112 e. The van der Waals surface area contributed by atoms with E-state index < -0.39 is 0 Å². The molecule has 0 amide bonds. The summed E-state index contributed by atoms with van der Waals surface area (Å²) in [6.45, 7) is 19.2. The summed E-state index contributed by atoms with van der Waals surface area (Å²) in [7, 11) is 0. The second-order valence-corrected chi connectivity index (χ2v) is 12.3. The Kier molecular flexibility index (Phi) is 6.22. The van der Waals surface area contributed by atoms with Gasteiger partial charge in [-0.3, -0.25) is 0 Å². The average Bonchev–Trinajstić information content (AvgIpc) is 3.31. The van der Waals surface area contributed by atoms with E-state index >= 15 is 0 Å². The lowest BCUT2D eigenvalue weighted by Gasteiger charge is -2.44. The molecular weight excluding hydrogens is 436 g/mol. The maximum Gasteiger partial charge on any atom is 0.112 e. The molecule has 0 unspecified atom stereocenters. The molecule has 2 nitrogen and oxygen atoms in total. The average molecular weight is 481 g/mol. The van der Waals surface area contributed by atoms with Crippen LogP contribution >= 0.6 is 0 Å². The van der Waals surface area contributed by atoms with Crippen LogP contribution in [0.2, 0.25) is 0 Å². The van der Waals surface area contributed by atoms with Gasteiger partial charge in [0.15, 0.2) is 0 Å². The summed E-state index contributed by atoms with van der Waals surface area (Å²) in [5.41, 5.74) is 7.33. The van der Waals surface area contributed by atoms with Crippen LogP contribution in [0.25, 0.3) is 21.8 Å². The minimum absolute atomic E-state index is 0.0256. The van der Waals surface area contributed by atoms with Crippen LogP contribution in [0.1, 0.15) is 104 Å². The molecule has 0 bridgehead atoms. The zero-order valence-corrected chi connectivity index (χ0v) is 23.6. The summed E-state index contributed by atoms with van der Waals surface area (Å²) in [5.74, 6) is 0.929. The topological polar surface area (TPSA) is 8.17 Å². The maximum absolute atomic E-state index is 2.86. The molecule has 0 N–H and O–H groups in total. The molecule has 2 heteroatoms. The van der Waals surface area contributed by atoms with E-state index in [-0.39, 0.29) is 17.1 Å². The maximum atomic E-state index is 2.86. The van der Waals surface area contributed by atoms with Crippen LogP contribution in [0.4, 0.5) is 5.69 Å². The number of hydrogen-bond donors (Lipinski definition) is 0. The molecule has 4 aromatic rings. The van der Waals surface area contributed by atoms with Crippen molar-refractivity contribution < 1.29 is 0 Å². The van der Waals surface area contributed by atoms with Crippen molar-refractivity contribution in [2.24, 2.45) is 5.41 Å². The SMILES string of the molecule is CCC1(CC)CC(C)(C)N(c2c(C(C)C)cccc2C(C)C)[C@H]1n1c2ccccc2c2ccccc21. The third-order valence-corrected chi connectivity index (χ3v) is 9.08. The number of nitrogens with zero attached hydrogens (tertiary/aromatic N) is 2. The van der Waals surface area contributed by atoms with Gasteiger partial charge in [0.25, 0.3) is 0 Å². The van der Waals surface area contributed by atoms with E-state index in [4.69, 9.17) is 0 Å². The Balaban J connectivity index is 1.93. The molecule has 0 saturated carbocycles. The van der Waals surface area contributed by atoms with E-state index in [0.717, 1.165) is 12.8 Å². The number of aromatic nitrogens is 1. The van der Waals surface area contributed by atoms with Crippen molar-refractivity contribution in [2.45, 2.75) is 98.2 Å². The van der Waals surface area contributed by atoms with E-state index in [9.17, 15) is 0 Å². The van der Waals surface area contributed by atoms with Crippen molar-refractivity contribution in [3.8, 4) is 0 Å². The number of anilines is 1. The standard InChI is InChI=1S/C34H44N2/c1-9-34(10-2)22-33(7,8)36(31-25(23(3)4)18-15-19-26(31)24(5)6)32(34)35-29-20-13-11-16-27(29)28-17-12-14-21-30(28)35/h11-21,23-24,32H,9-10,22H2,1-8H3/t32-/m1/s1. The zero-order valence-electron chi connectivity index (χ0n) is 23.6. The van der Waals surface area contributed by atoms with Gasteiger partial charge in [0, 0.05) is 27.4 Å². The molecule has 1 aliphatic heterocycles. The fraction of sp³-hybridized carbons (Fsp3) is 0.471. The highest BCUT2D eigenvalue weighted by Crippen LogP contribution is 2.60. The summed E-state index contributed by atoms with van der Waals surface area (Å²) in [5, 5.41) is 2.72. The molecule has 2 heterocycles. The van der Waals surface area contributed by atoms with E-state index in [1.807, 2.05) is 0 Å². The molecule has 1 fully saturated rings. The normalized spacial score (nSPS) is 19.3. The van der Waals surface area contributed by atoms with E-state index in [1.165, 1.54) is 45.0 Å². The molecule has 1 atom stereocenters. The highest BCUT2D eigenvalue weighted by molar-refractivity contribution is 6.08. The fourth-order valence-electron chi connectivity index (χ4n) is 7.33. The van der Waals surface area contributed by atoms with Crippen LogP contribution in [-0.2, 0) is 0 Å². The summed E-state index contributed by atoms with van der Waals surface area (Å²) in [6.07, 6.45) is 3.75. The second kappa shape index (κ2) is 8.98. The molecule has 0 radical (unpaired) electrons. The monoisotopic (exact) mass is 480 g/mol. The third-order valence-electron chi connectivity index (χ3n) is 9.08. The van der Waals surface area contributed by atoms with Crippen LogP contribution in [0.3, 0.4) is 0 Å². The first-order valence-electron chi connectivity index (χ1n) is 14.1. The van der Waals surface area contributed by atoms with Gasteiger partial charge in [-0.1, -0.05) is 96.1 Å². The molecule has 36 heavy (non-hydrogen) atoms. The van der Waals surface area contributed by atoms with Crippen LogP contribution in [0, 0.1) is 5.41 Å². The number of hydrogen-bond acceptors (Lipinski definition) is 1. The number of para-hydroxylation sites is 3. The Morgan fingerprint density at radius 3 is 1.64 bits per heavy atom. The molecule has 1 aromatic heterocycles. The van der Waals surface area contributed by atoms with E-state index in [2.05, 4.69) is 132 Å². The summed E-state index contributed by atoms with van der Waals surface area (Å²) < 4.78 is 2.72. The summed E-state index contributed by atoms with van der Waals surface area (Å²) in [4.78, 5) is 2.86. The first-order valence-corrected chi connectivity index (χ1v) is 14.1. The molecule has 0 aliphatic carbocycles. The number of rotatable bonds is 6. The first-order chi connectivity index (χ1) is 17.2. The lowest BCUT2D eigenvalue weighted by Crippen LogP contribution is -2.44. The van der Waals surface area contributed by atoms with Gasteiger partial charge in [-0.2, -0.15) is 0 Å². The van der Waals surface area contributed by atoms with E-state index in [0.29, 0.717) is 11.8 Å². The molecule has 0 spiro atoms. The molecule has 3 aromatic carbocycles. The van der Waals surface area contributed by atoms with Gasteiger partial charge in [0.1, 0.15) is 6.17 Å². The molecule has 190 valence electrons. The zero-order chi connectivity index (χ0) is 25.8. The van der Waals surface area contributed by atoms with Gasteiger partial charge in [-0.15, -0.1) is 0 Å². The lowest BCUT2D eigenvalue weighted by atomic mass is 9.75. The Labute approximate surface area is 218 Å². The fourth-order valence-corrected chi connectivity index (χ4v) is 7.33. The minimum Gasteiger partial charge on any atom is -0.345 e.